The van der Waals surface area contributed by atoms with Gasteiger partial charge in [-0.1, -0.05) is 23.2 Å². The molecular weight excluding hydrogens is 433 g/mol. The minimum atomic E-state index is -1.12. The van der Waals surface area contributed by atoms with Gasteiger partial charge in [0.05, 0.1) is 11.6 Å². The Balaban J connectivity index is 1.67. The molecule has 0 unspecified atom stereocenters. The number of benzene rings is 2. The van der Waals surface area contributed by atoms with Crippen LogP contribution in [0.15, 0.2) is 36.4 Å². The van der Waals surface area contributed by atoms with Gasteiger partial charge in [0.15, 0.2) is 24.8 Å². The van der Waals surface area contributed by atoms with Crippen LogP contribution in [0, 0.1) is 11.6 Å². The lowest BCUT2D eigenvalue weighted by molar-refractivity contribution is -0.150. The maximum absolute atomic E-state index is 13.1. The number of amides is 2. The van der Waals surface area contributed by atoms with Gasteiger partial charge in [-0.3, -0.25) is 9.59 Å². The smallest absolute Gasteiger partial charge is 0.344 e. The zero-order valence-corrected chi connectivity index (χ0v) is 16.2. The average Bonchev–Trinajstić information content (AvgIpc) is 2.67. The van der Waals surface area contributed by atoms with E-state index in [1.54, 1.807) is 0 Å². The normalized spacial score (nSPS) is 10.2. The maximum Gasteiger partial charge on any atom is 0.344 e. The van der Waals surface area contributed by atoms with E-state index in [-0.39, 0.29) is 16.5 Å². The number of ether oxygens (including phenoxy) is 2. The summed E-state index contributed by atoms with van der Waals surface area (Å²) in [5.41, 5.74) is 0.0209. The fraction of sp³-hybridized carbons (Fsp3) is 0.167. The zero-order chi connectivity index (χ0) is 21.4. The van der Waals surface area contributed by atoms with Gasteiger partial charge in [-0.25, -0.2) is 13.6 Å². The summed E-state index contributed by atoms with van der Waals surface area (Å²) in [5, 5.41) is 5.07. The summed E-state index contributed by atoms with van der Waals surface area (Å²) in [4.78, 5) is 34.9. The molecule has 2 N–H and O–H groups in total. The largest absolute Gasteiger partial charge is 0.480 e. The van der Waals surface area contributed by atoms with Gasteiger partial charge in [-0.15, -0.1) is 0 Å². The fourth-order valence-electron chi connectivity index (χ4n) is 1.93. The number of esters is 1. The molecule has 0 radical (unpaired) electrons. The molecule has 0 aliphatic carbocycles. The summed E-state index contributed by atoms with van der Waals surface area (Å²) in [6.07, 6.45) is 0. The van der Waals surface area contributed by atoms with Crippen molar-refractivity contribution in [2.75, 3.05) is 25.1 Å². The molecule has 2 rings (SSSR count). The predicted molar refractivity (Wildman–Crippen MR) is 101 cm³/mol. The zero-order valence-electron chi connectivity index (χ0n) is 14.6. The Morgan fingerprint density at radius 1 is 0.931 bits per heavy atom. The summed E-state index contributed by atoms with van der Waals surface area (Å²) in [6.45, 7) is -1.60. The second-order valence-corrected chi connectivity index (χ2v) is 6.32. The summed E-state index contributed by atoms with van der Waals surface area (Å²) >= 11 is 11.6. The van der Waals surface area contributed by atoms with Crippen LogP contribution in [0.1, 0.15) is 0 Å². The molecular formula is C18H14Cl2F2N2O5. The molecule has 0 saturated heterocycles. The third-order valence-corrected chi connectivity index (χ3v) is 3.78. The van der Waals surface area contributed by atoms with Crippen molar-refractivity contribution < 1.29 is 32.6 Å². The molecule has 0 fully saturated rings. The van der Waals surface area contributed by atoms with Crippen LogP contribution < -0.4 is 15.4 Å². The first kappa shape index (κ1) is 22.4. The van der Waals surface area contributed by atoms with E-state index in [2.05, 4.69) is 10.6 Å². The first-order chi connectivity index (χ1) is 13.7. The Labute approximate surface area is 173 Å². The van der Waals surface area contributed by atoms with Crippen LogP contribution in [0.2, 0.25) is 10.0 Å². The SMILES string of the molecule is O=C(COC(=O)COc1ccc(Cl)cc1Cl)NCC(=O)Nc1ccc(F)c(F)c1. The van der Waals surface area contributed by atoms with E-state index in [1.165, 1.54) is 18.2 Å². The highest BCUT2D eigenvalue weighted by Crippen LogP contribution is 2.27. The van der Waals surface area contributed by atoms with Crippen molar-refractivity contribution >= 4 is 46.7 Å². The van der Waals surface area contributed by atoms with Crippen LogP contribution in [0.25, 0.3) is 0 Å². The molecule has 0 spiro atoms. The maximum atomic E-state index is 13.1. The molecule has 154 valence electrons. The summed E-state index contributed by atoms with van der Waals surface area (Å²) in [7, 11) is 0. The van der Waals surface area contributed by atoms with Gasteiger partial charge < -0.3 is 20.1 Å². The molecule has 11 heteroatoms. The molecule has 0 heterocycles. The van der Waals surface area contributed by atoms with Crippen molar-refractivity contribution in [3.8, 4) is 5.75 Å². The van der Waals surface area contributed by atoms with Gasteiger partial charge >= 0.3 is 5.97 Å². The van der Waals surface area contributed by atoms with E-state index in [0.717, 1.165) is 18.2 Å². The van der Waals surface area contributed by atoms with Crippen LogP contribution in [-0.2, 0) is 19.1 Å². The van der Waals surface area contributed by atoms with Gasteiger partial charge in [0, 0.05) is 16.8 Å². The van der Waals surface area contributed by atoms with Crippen molar-refractivity contribution in [2.24, 2.45) is 0 Å². The van der Waals surface area contributed by atoms with E-state index in [4.69, 9.17) is 32.7 Å². The Kier molecular flexibility index (Phi) is 8.17. The molecule has 0 bridgehead atoms. The van der Waals surface area contributed by atoms with Gasteiger partial charge in [-0.05, 0) is 30.3 Å². The lowest BCUT2D eigenvalue weighted by atomic mass is 10.3. The molecule has 2 aromatic carbocycles. The average molecular weight is 447 g/mol. The highest BCUT2D eigenvalue weighted by atomic mass is 35.5. The Morgan fingerprint density at radius 3 is 2.38 bits per heavy atom. The number of hydrogen-bond acceptors (Lipinski definition) is 5. The minimum absolute atomic E-state index is 0.0209. The van der Waals surface area contributed by atoms with Crippen LogP contribution in [0.5, 0.6) is 5.75 Å². The second-order valence-electron chi connectivity index (χ2n) is 5.48. The van der Waals surface area contributed by atoms with Crippen LogP contribution >= 0.6 is 23.2 Å². The summed E-state index contributed by atoms with van der Waals surface area (Å²) in [5.74, 6) is -4.23. The summed E-state index contributed by atoms with van der Waals surface area (Å²) in [6, 6.07) is 7.23. The molecule has 0 atom stereocenters. The molecule has 29 heavy (non-hydrogen) atoms. The van der Waals surface area contributed by atoms with Crippen LogP contribution in [-0.4, -0.2) is 37.5 Å². The second kappa shape index (κ2) is 10.6. The quantitative estimate of drug-likeness (QED) is 0.608. The predicted octanol–water partition coefficient (Wildman–Crippen LogP) is 2.95. The number of carbonyl (C=O) groups is 3. The number of rotatable bonds is 8. The van der Waals surface area contributed by atoms with E-state index in [1.807, 2.05) is 0 Å². The lowest BCUT2D eigenvalue weighted by Gasteiger charge is -2.09. The third-order valence-electron chi connectivity index (χ3n) is 3.25. The Hall–Kier alpha value is -2.91. The first-order valence-corrected chi connectivity index (χ1v) is 8.75. The van der Waals surface area contributed by atoms with Gasteiger partial charge in [0.25, 0.3) is 5.91 Å². The van der Waals surface area contributed by atoms with Crippen molar-refractivity contribution in [3.63, 3.8) is 0 Å². The molecule has 0 aliphatic rings. The van der Waals surface area contributed by atoms with Crippen molar-refractivity contribution in [3.05, 3.63) is 58.1 Å². The lowest BCUT2D eigenvalue weighted by Crippen LogP contribution is -2.36. The first-order valence-electron chi connectivity index (χ1n) is 7.99. The highest BCUT2D eigenvalue weighted by molar-refractivity contribution is 6.35. The van der Waals surface area contributed by atoms with Crippen molar-refractivity contribution in [1.29, 1.82) is 0 Å². The number of nitrogens with one attached hydrogen (secondary N) is 2. The number of carbonyl (C=O) groups excluding carboxylic acids is 3. The Morgan fingerprint density at radius 2 is 1.69 bits per heavy atom. The monoisotopic (exact) mass is 446 g/mol. The number of hydrogen-bond donors (Lipinski definition) is 2. The van der Waals surface area contributed by atoms with E-state index < -0.39 is 49.2 Å². The molecule has 2 aromatic rings. The van der Waals surface area contributed by atoms with E-state index in [0.29, 0.717) is 5.02 Å². The molecule has 0 aliphatic heterocycles. The molecule has 7 nitrogen and oxygen atoms in total. The third kappa shape index (κ3) is 7.55. The van der Waals surface area contributed by atoms with E-state index >= 15 is 0 Å². The summed E-state index contributed by atoms with van der Waals surface area (Å²) < 4.78 is 35.7. The highest BCUT2D eigenvalue weighted by Gasteiger charge is 2.12. The molecule has 0 saturated carbocycles. The van der Waals surface area contributed by atoms with Crippen LogP contribution in [0.4, 0.5) is 14.5 Å². The topological polar surface area (TPSA) is 93.7 Å². The van der Waals surface area contributed by atoms with Crippen molar-refractivity contribution in [1.82, 2.24) is 5.32 Å². The van der Waals surface area contributed by atoms with Crippen LogP contribution in [0.3, 0.4) is 0 Å². The number of anilines is 1. The standard InChI is InChI=1S/C18H14Cl2F2N2O5/c19-10-1-4-15(12(20)5-10)28-9-18(27)29-8-17(26)23-7-16(25)24-11-2-3-13(21)14(22)6-11/h1-6H,7-9H2,(H,23,26)(H,24,25). The van der Waals surface area contributed by atoms with E-state index in [9.17, 15) is 23.2 Å². The minimum Gasteiger partial charge on any atom is -0.480 e. The molecule has 0 aromatic heterocycles. The fourth-order valence-corrected chi connectivity index (χ4v) is 2.39. The van der Waals surface area contributed by atoms with Crippen molar-refractivity contribution in [2.45, 2.75) is 0 Å². The Bertz CT molecular complexity index is 927. The number of halogens is 4. The molecule has 2 amide bonds. The van der Waals surface area contributed by atoms with Gasteiger partial charge in [-0.2, -0.15) is 0 Å². The van der Waals surface area contributed by atoms with Gasteiger partial charge in [0.1, 0.15) is 5.75 Å². The van der Waals surface area contributed by atoms with Gasteiger partial charge in [0.2, 0.25) is 5.91 Å².